The highest BCUT2D eigenvalue weighted by atomic mass is 16.3. The first kappa shape index (κ1) is 22.7. The number of nitrogens with zero attached hydrogens (tertiary/aromatic N) is 3. The predicted molar refractivity (Wildman–Crippen MR) is 157 cm³/mol. The zero-order valence-electron chi connectivity index (χ0n) is 22.1. The Morgan fingerprint density at radius 1 is 0.658 bits per heavy atom. The Balaban J connectivity index is 1.70. The molecule has 4 nitrogen and oxygen atoms in total. The quantitative estimate of drug-likeness (QED) is 0.244. The summed E-state index contributed by atoms with van der Waals surface area (Å²) in [7, 11) is 0. The molecule has 7 rings (SSSR count). The summed E-state index contributed by atoms with van der Waals surface area (Å²) in [5, 5.41) is 3.30. The molecule has 0 aliphatic heterocycles. The summed E-state index contributed by atoms with van der Waals surface area (Å²) < 4.78 is 8.88. The molecule has 4 heteroatoms. The van der Waals surface area contributed by atoms with Crippen LogP contribution < -0.4 is 0 Å². The van der Waals surface area contributed by atoms with Crippen molar-refractivity contribution < 1.29 is 4.42 Å². The molecule has 0 fully saturated rings. The van der Waals surface area contributed by atoms with E-state index in [9.17, 15) is 0 Å². The van der Waals surface area contributed by atoms with Crippen LogP contribution in [0.3, 0.4) is 0 Å². The zero-order valence-corrected chi connectivity index (χ0v) is 22.1. The van der Waals surface area contributed by atoms with E-state index in [1.165, 1.54) is 16.8 Å². The second-order valence-electron chi connectivity index (χ2n) is 10.7. The third kappa shape index (κ3) is 3.30. The van der Waals surface area contributed by atoms with E-state index in [1.54, 1.807) is 0 Å². The maximum absolute atomic E-state index is 6.50. The lowest BCUT2D eigenvalue weighted by Gasteiger charge is -2.23. The first-order valence-corrected chi connectivity index (χ1v) is 13.3. The SMILES string of the molecule is CC(C)c1cccc(C(C)C)c1-n1c(-c2cccc3c2oc2ccccc23)nc2cnc3ccccc3c21. The number of pyridine rings is 1. The predicted octanol–water partition coefficient (Wildman–Crippen LogP) is 9.39. The van der Waals surface area contributed by atoms with Crippen LogP contribution in [0.1, 0.15) is 50.7 Å². The van der Waals surface area contributed by atoms with Crippen molar-refractivity contribution in [2.24, 2.45) is 0 Å². The molecule has 4 aromatic carbocycles. The first-order chi connectivity index (χ1) is 18.5. The van der Waals surface area contributed by atoms with Gasteiger partial charge in [0, 0.05) is 16.2 Å². The summed E-state index contributed by atoms with van der Waals surface area (Å²) in [6, 6.07) is 29.7. The molecule has 186 valence electrons. The van der Waals surface area contributed by atoms with Crippen LogP contribution in [0.5, 0.6) is 0 Å². The molecular formula is C34H29N3O. The highest BCUT2D eigenvalue weighted by molar-refractivity contribution is 6.10. The lowest BCUT2D eigenvalue weighted by atomic mass is 9.92. The molecule has 0 aliphatic carbocycles. The molecular weight excluding hydrogens is 466 g/mol. The van der Waals surface area contributed by atoms with Gasteiger partial charge < -0.3 is 4.42 Å². The molecule has 0 atom stereocenters. The van der Waals surface area contributed by atoms with Gasteiger partial charge in [-0.3, -0.25) is 9.55 Å². The summed E-state index contributed by atoms with van der Waals surface area (Å²) in [4.78, 5) is 10.0. The van der Waals surface area contributed by atoms with Gasteiger partial charge in [-0.25, -0.2) is 4.98 Å². The van der Waals surface area contributed by atoms with E-state index in [0.717, 1.165) is 55.3 Å². The number of benzene rings is 4. The number of hydrogen-bond donors (Lipinski definition) is 0. The maximum Gasteiger partial charge on any atom is 0.149 e. The fraction of sp³-hybridized carbons (Fsp3) is 0.176. The van der Waals surface area contributed by atoms with Crippen LogP contribution >= 0.6 is 0 Å². The Labute approximate surface area is 221 Å². The van der Waals surface area contributed by atoms with Crippen LogP contribution in [0.2, 0.25) is 0 Å². The smallest absolute Gasteiger partial charge is 0.149 e. The van der Waals surface area contributed by atoms with Gasteiger partial charge in [-0.2, -0.15) is 0 Å². The van der Waals surface area contributed by atoms with Gasteiger partial charge in [0.1, 0.15) is 22.5 Å². The molecule has 0 unspecified atom stereocenters. The minimum Gasteiger partial charge on any atom is -0.455 e. The van der Waals surface area contributed by atoms with E-state index in [0.29, 0.717) is 11.8 Å². The average Bonchev–Trinajstić information content (AvgIpc) is 3.51. The van der Waals surface area contributed by atoms with Gasteiger partial charge in [-0.15, -0.1) is 0 Å². The monoisotopic (exact) mass is 495 g/mol. The highest BCUT2D eigenvalue weighted by Gasteiger charge is 2.25. The molecule has 0 amide bonds. The molecule has 0 saturated carbocycles. The standard InChI is InChI=1S/C34H29N3O/c1-20(2)22-13-9-14-23(21(3)4)31(22)37-32-26-12-5-7-17-28(26)35-19-29(32)36-34(37)27-16-10-15-25-24-11-6-8-18-30(24)38-33(25)27/h5-21H,1-4H3. The fourth-order valence-electron chi connectivity index (χ4n) is 5.79. The van der Waals surface area contributed by atoms with Crippen molar-refractivity contribution in [3.63, 3.8) is 0 Å². The summed E-state index contributed by atoms with van der Waals surface area (Å²) in [5.41, 5.74) is 9.44. The van der Waals surface area contributed by atoms with Gasteiger partial charge in [0.15, 0.2) is 0 Å². The van der Waals surface area contributed by atoms with Crippen molar-refractivity contribution in [3.8, 4) is 17.1 Å². The number of rotatable bonds is 4. The van der Waals surface area contributed by atoms with E-state index < -0.39 is 0 Å². The van der Waals surface area contributed by atoms with Gasteiger partial charge in [0.05, 0.1) is 28.5 Å². The number of imidazole rings is 1. The molecule has 0 spiro atoms. The molecule has 3 heterocycles. The molecule has 0 aliphatic rings. The Morgan fingerprint density at radius 3 is 2.08 bits per heavy atom. The third-order valence-electron chi connectivity index (χ3n) is 7.60. The summed E-state index contributed by atoms with van der Waals surface area (Å²) in [6.45, 7) is 9.06. The van der Waals surface area contributed by atoms with Crippen molar-refractivity contribution in [1.82, 2.24) is 14.5 Å². The van der Waals surface area contributed by atoms with E-state index in [2.05, 4.69) is 99.0 Å². The second-order valence-corrected chi connectivity index (χ2v) is 10.7. The Kier molecular flexibility index (Phi) is 5.12. The van der Waals surface area contributed by atoms with Gasteiger partial charge in [0.2, 0.25) is 0 Å². The van der Waals surface area contributed by atoms with Crippen molar-refractivity contribution >= 4 is 43.9 Å². The van der Waals surface area contributed by atoms with Crippen LogP contribution in [-0.4, -0.2) is 14.5 Å². The number of furan rings is 1. The van der Waals surface area contributed by atoms with Crippen LogP contribution in [0.25, 0.3) is 61.0 Å². The average molecular weight is 496 g/mol. The number of para-hydroxylation sites is 4. The molecule has 38 heavy (non-hydrogen) atoms. The van der Waals surface area contributed by atoms with Crippen LogP contribution in [-0.2, 0) is 0 Å². The van der Waals surface area contributed by atoms with Gasteiger partial charge in [-0.05, 0) is 41.2 Å². The van der Waals surface area contributed by atoms with E-state index in [-0.39, 0.29) is 0 Å². The largest absolute Gasteiger partial charge is 0.455 e. The molecule has 0 saturated heterocycles. The minimum atomic E-state index is 0.337. The summed E-state index contributed by atoms with van der Waals surface area (Å²) in [6.07, 6.45) is 1.91. The van der Waals surface area contributed by atoms with E-state index in [4.69, 9.17) is 14.4 Å². The van der Waals surface area contributed by atoms with Crippen molar-refractivity contribution in [3.05, 3.63) is 102 Å². The number of aromatic nitrogens is 3. The molecule has 0 radical (unpaired) electrons. The summed E-state index contributed by atoms with van der Waals surface area (Å²) >= 11 is 0. The van der Waals surface area contributed by atoms with Gasteiger partial charge >= 0.3 is 0 Å². The van der Waals surface area contributed by atoms with Crippen LogP contribution in [0.4, 0.5) is 0 Å². The molecule has 3 aromatic heterocycles. The van der Waals surface area contributed by atoms with E-state index >= 15 is 0 Å². The Bertz CT molecular complexity index is 1960. The van der Waals surface area contributed by atoms with Gasteiger partial charge in [-0.1, -0.05) is 94.4 Å². The molecule has 0 N–H and O–H groups in total. The lowest BCUT2D eigenvalue weighted by molar-refractivity contribution is 0.669. The van der Waals surface area contributed by atoms with Crippen LogP contribution in [0.15, 0.2) is 95.5 Å². The summed E-state index contributed by atoms with van der Waals surface area (Å²) in [5.74, 6) is 1.55. The Morgan fingerprint density at radius 2 is 1.32 bits per heavy atom. The molecule has 7 aromatic rings. The first-order valence-electron chi connectivity index (χ1n) is 13.3. The van der Waals surface area contributed by atoms with Crippen molar-refractivity contribution in [2.45, 2.75) is 39.5 Å². The second kappa shape index (κ2) is 8.56. The third-order valence-corrected chi connectivity index (χ3v) is 7.60. The topological polar surface area (TPSA) is 43.9 Å². The lowest BCUT2D eigenvalue weighted by Crippen LogP contribution is -2.09. The fourth-order valence-corrected chi connectivity index (χ4v) is 5.79. The van der Waals surface area contributed by atoms with Gasteiger partial charge in [0.25, 0.3) is 0 Å². The zero-order chi connectivity index (χ0) is 26.0. The van der Waals surface area contributed by atoms with Crippen molar-refractivity contribution in [1.29, 1.82) is 0 Å². The molecule has 0 bridgehead atoms. The maximum atomic E-state index is 6.50. The Hall–Kier alpha value is -4.44. The minimum absolute atomic E-state index is 0.337. The number of hydrogen-bond acceptors (Lipinski definition) is 3. The normalized spacial score (nSPS) is 12.2. The van der Waals surface area contributed by atoms with Crippen LogP contribution in [0, 0.1) is 0 Å². The van der Waals surface area contributed by atoms with E-state index in [1.807, 2.05) is 24.4 Å². The number of fused-ring (bicyclic) bond motifs is 6. The highest BCUT2D eigenvalue weighted by Crippen LogP contribution is 2.42. The van der Waals surface area contributed by atoms with Crippen molar-refractivity contribution in [2.75, 3.05) is 0 Å².